The van der Waals surface area contributed by atoms with Crippen LogP contribution in [0.15, 0.2) is 40.9 Å². The molecule has 9 heteroatoms. The Balaban J connectivity index is 1.73. The first-order valence-corrected chi connectivity index (χ1v) is 9.97. The van der Waals surface area contributed by atoms with Crippen molar-refractivity contribution in [3.8, 4) is 0 Å². The Labute approximate surface area is 171 Å². The summed E-state index contributed by atoms with van der Waals surface area (Å²) in [6.45, 7) is 1.33. The van der Waals surface area contributed by atoms with Crippen LogP contribution in [0.2, 0.25) is 0 Å². The van der Waals surface area contributed by atoms with E-state index in [4.69, 9.17) is 4.74 Å². The fraction of sp³-hybridized carbons (Fsp3) is 0.263. The van der Waals surface area contributed by atoms with Crippen LogP contribution in [0.5, 0.6) is 0 Å². The molecule has 2 aromatic heterocycles. The molecule has 0 fully saturated rings. The summed E-state index contributed by atoms with van der Waals surface area (Å²) in [6.07, 6.45) is 3.93. The first-order valence-electron chi connectivity index (χ1n) is 8.65. The highest BCUT2D eigenvalue weighted by atomic mass is 32.1. The average Bonchev–Trinajstić information content (AvgIpc) is 3.21. The van der Waals surface area contributed by atoms with Crippen LogP contribution < -0.4 is 10.6 Å². The van der Waals surface area contributed by atoms with Crippen molar-refractivity contribution in [2.45, 2.75) is 11.3 Å². The van der Waals surface area contributed by atoms with Crippen LogP contribution in [-0.4, -0.2) is 48.6 Å². The number of nitrogens with zero attached hydrogens (tertiary/aromatic N) is 2. The molecule has 3 rings (SSSR count). The number of hydrogen-bond donors (Lipinski definition) is 3. The topological polar surface area (TPSA) is 93.2 Å². The van der Waals surface area contributed by atoms with Gasteiger partial charge < -0.3 is 15.4 Å². The first-order chi connectivity index (χ1) is 13.6. The third-order valence-corrected chi connectivity index (χ3v) is 5.17. The summed E-state index contributed by atoms with van der Waals surface area (Å²) in [5, 5.41) is 9.19. The van der Waals surface area contributed by atoms with E-state index in [1.165, 1.54) is 6.20 Å². The Kier molecular flexibility index (Phi) is 6.96. The molecule has 0 radical (unpaired) electrons. The van der Waals surface area contributed by atoms with Gasteiger partial charge in [0.1, 0.15) is 0 Å². The second-order valence-electron chi connectivity index (χ2n) is 5.97. The smallest absolute Gasteiger partial charge is 0.252 e. The van der Waals surface area contributed by atoms with Gasteiger partial charge in [0.15, 0.2) is 0 Å². The van der Waals surface area contributed by atoms with Gasteiger partial charge in [-0.05, 0) is 18.2 Å². The van der Waals surface area contributed by atoms with Gasteiger partial charge in [-0.2, -0.15) is 0 Å². The molecule has 2 heterocycles. The van der Waals surface area contributed by atoms with E-state index in [1.807, 2.05) is 5.38 Å². The summed E-state index contributed by atoms with van der Waals surface area (Å²) in [7, 11) is 1.57. The summed E-state index contributed by atoms with van der Waals surface area (Å²) in [5.41, 5.74) is 1.52. The predicted octanol–water partition coefficient (Wildman–Crippen LogP) is 2.33. The monoisotopic (exact) mass is 416 g/mol. The lowest BCUT2D eigenvalue weighted by Crippen LogP contribution is -2.27. The number of amides is 2. The molecule has 0 atom stereocenters. The van der Waals surface area contributed by atoms with Gasteiger partial charge in [0, 0.05) is 60.2 Å². The van der Waals surface area contributed by atoms with Gasteiger partial charge in [-0.3, -0.25) is 14.6 Å². The second-order valence-corrected chi connectivity index (χ2v) is 7.43. The predicted molar refractivity (Wildman–Crippen MR) is 111 cm³/mol. The molecule has 2 N–H and O–H groups in total. The number of hydrogen-bond acceptors (Lipinski definition) is 7. The summed E-state index contributed by atoms with van der Waals surface area (Å²) >= 11 is 5.98. The highest BCUT2D eigenvalue weighted by Gasteiger charge is 2.12. The van der Waals surface area contributed by atoms with E-state index in [0.29, 0.717) is 53.0 Å². The number of carbonyl (C=O) groups excluding carboxylic acids is 2. The number of carbonyl (C=O) groups is 2. The molecule has 0 saturated carbocycles. The summed E-state index contributed by atoms with van der Waals surface area (Å²) < 4.78 is 4.93. The number of nitrogens with one attached hydrogen (secondary N) is 2. The zero-order valence-corrected chi connectivity index (χ0v) is 17.0. The Hall–Kier alpha value is -2.49. The van der Waals surface area contributed by atoms with Crippen LogP contribution in [0, 0.1) is 0 Å². The number of methoxy groups -OCH3 is 1. The average molecular weight is 417 g/mol. The van der Waals surface area contributed by atoms with Crippen LogP contribution in [0.25, 0.3) is 10.9 Å². The second kappa shape index (κ2) is 9.63. The molecule has 0 unspecified atom stereocenters. The number of benzene rings is 1. The summed E-state index contributed by atoms with van der Waals surface area (Å²) in [6, 6.07) is 5.08. The molecule has 0 aliphatic rings. The van der Waals surface area contributed by atoms with E-state index in [9.17, 15) is 9.59 Å². The molecule has 0 aliphatic carbocycles. The Morgan fingerprint density at radius 1 is 1.11 bits per heavy atom. The largest absolute Gasteiger partial charge is 0.383 e. The highest BCUT2D eigenvalue weighted by Crippen LogP contribution is 2.23. The number of ether oxygens (including phenoxy) is 1. The summed E-state index contributed by atoms with van der Waals surface area (Å²) in [4.78, 5) is 33.8. The van der Waals surface area contributed by atoms with Crippen molar-refractivity contribution >= 4 is 46.7 Å². The van der Waals surface area contributed by atoms with Crippen LogP contribution in [0.1, 0.15) is 25.7 Å². The molecule has 1 aromatic carbocycles. The number of thiol groups is 1. The highest BCUT2D eigenvalue weighted by molar-refractivity contribution is 7.80. The van der Waals surface area contributed by atoms with Crippen LogP contribution in [0.4, 0.5) is 0 Å². The Morgan fingerprint density at radius 3 is 2.61 bits per heavy atom. The van der Waals surface area contributed by atoms with E-state index in [1.54, 1.807) is 42.8 Å². The fourth-order valence-corrected chi connectivity index (χ4v) is 3.56. The normalized spacial score (nSPS) is 10.8. The lowest BCUT2D eigenvalue weighted by molar-refractivity contribution is 0.0934. The van der Waals surface area contributed by atoms with Crippen molar-refractivity contribution in [3.05, 3.63) is 52.1 Å². The minimum absolute atomic E-state index is 0.221. The summed E-state index contributed by atoms with van der Waals surface area (Å²) in [5.74, 6) is -0.450. The van der Waals surface area contributed by atoms with Crippen LogP contribution in [-0.2, 0) is 11.2 Å². The van der Waals surface area contributed by atoms with Crippen LogP contribution >= 0.6 is 24.0 Å². The van der Waals surface area contributed by atoms with Gasteiger partial charge in [-0.1, -0.05) is 0 Å². The van der Waals surface area contributed by atoms with E-state index in [-0.39, 0.29) is 11.8 Å². The molecule has 2 amide bonds. The molecule has 146 valence electrons. The SMILES string of the molecule is COCCNC(=O)c1cc(S)c2ncc(C(=O)NCCc3nccs3)cc2c1. The first kappa shape index (κ1) is 20.2. The molecular weight excluding hydrogens is 396 g/mol. The van der Waals surface area contributed by atoms with Gasteiger partial charge in [0.05, 0.1) is 22.7 Å². The minimum atomic E-state index is -0.229. The number of fused-ring (bicyclic) bond motifs is 1. The molecule has 0 bridgehead atoms. The molecule has 3 aromatic rings. The van der Waals surface area contributed by atoms with E-state index in [2.05, 4.69) is 33.2 Å². The Morgan fingerprint density at radius 2 is 1.86 bits per heavy atom. The number of thiazole rings is 1. The third-order valence-electron chi connectivity index (χ3n) is 3.99. The van der Waals surface area contributed by atoms with Gasteiger partial charge >= 0.3 is 0 Å². The van der Waals surface area contributed by atoms with Crippen molar-refractivity contribution < 1.29 is 14.3 Å². The molecule has 7 nitrogen and oxygen atoms in total. The molecule has 0 aliphatic heterocycles. The quantitative estimate of drug-likeness (QED) is 0.387. The van der Waals surface area contributed by atoms with Crippen molar-refractivity contribution in [1.82, 2.24) is 20.6 Å². The Bertz CT molecular complexity index is 977. The van der Waals surface area contributed by atoms with Crippen LogP contribution in [0.3, 0.4) is 0 Å². The molecular formula is C19H20N4O3S2. The molecule has 28 heavy (non-hydrogen) atoms. The fourth-order valence-electron chi connectivity index (χ4n) is 2.62. The maximum atomic E-state index is 12.4. The van der Waals surface area contributed by atoms with Gasteiger partial charge in [-0.25, -0.2) is 4.98 Å². The third kappa shape index (κ3) is 5.06. The van der Waals surface area contributed by atoms with E-state index in [0.717, 1.165) is 5.01 Å². The van der Waals surface area contributed by atoms with Gasteiger partial charge in [-0.15, -0.1) is 24.0 Å². The zero-order chi connectivity index (χ0) is 19.9. The minimum Gasteiger partial charge on any atom is -0.383 e. The lowest BCUT2D eigenvalue weighted by Gasteiger charge is -2.09. The number of pyridine rings is 1. The van der Waals surface area contributed by atoms with E-state index < -0.39 is 0 Å². The molecule has 0 saturated heterocycles. The molecule has 0 spiro atoms. The maximum Gasteiger partial charge on any atom is 0.252 e. The zero-order valence-electron chi connectivity index (χ0n) is 15.3. The van der Waals surface area contributed by atoms with Crippen molar-refractivity contribution in [2.24, 2.45) is 0 Å². The number of rotatable bonds is 8. The van der Waals surface area contributed by atoms with Gasteiger partial charge in [0.25, 0.3) is 11.8 Å². The lowest BCUT2D eigenvalue weighted by atomic mass is 10.1. The van der Waals surface area contributed by atoms with Crippen molar-refractivity contribution in [1.29, 1.82) is 0 Å². The number of aromatic nitrogens is 2. The maximum absolute atomic E-state index is 12.4. The van der Waals surface area contributed by atoms with Crippen molar-refractivity contribution in [3.63, 3.8) is 0 Å². The standard InChI is InChI=1S/C19H20N4O3S2/c1-26-6-4-22-18(24)13-8-12-9-14(11-23-17(12)15(27)10-13)19(25)21-3-2-16-20-5-7-28-16/h5,7-11,27H,2-4,6H2,1H3,(H,21,25)(H,22,24). The van der Waals surface area contributed by atoms with Crippen molar-refractivity contribution in [2.75, 3.05) is 26.8 Å². The van der Waals surface area contributed by atoms with Gasteiger partial charge in [0.2, 0.25) is 0 Å². The van der Waals surface area contributed by atoms with E-state index >= 15 is 0 Å².